The van der Waals surface area contributed by atoms with Crippen molar-refractivity contribution in [2.75, 3.05) is 31.4 Å². The Morgan fingerprint density at radius 2 is 2.05 bits per heavy atom. The summed E-state index contributed by atoms with van der Waals surface area (Å²) in [7, 11) is 5.10. The van der Waals surface area contributed by atoms with Crippen LogP contribution in [0.4, 0.5) is 17.6 Å². The quantitative estimate of drug-likeness (QED) is 0.926. The molecule has 0 unspecified atom stereocenters. The molecule has 0 saturated carbocycles. The lowest BCUT2D eigenvalue weighted by Gasteiger charge is -2.14. The first kappa shape index (κ1) is 14.8. The van der Waals surface area contributed by atoms with E-state index in [9.17, 15) is 5.26 Å². The molecule has 2 aromatic rings. The molecule has 0 aliphatic heterocycles. The number of nitriles is 1. The molecule has 0 saturated heterocycles. The maximum Gasteiger partial charge on any atom is 0.233 e. The largest absolute Gasteiger partial charge is 0.495 e. The van der Waals surface area contributed by atoms with Crippen LogP contribution in [0.1, 0.15) is 5.56 Å². The van der Waals surface area contributed by atoms with Gasteiger partial charge in [0.25, 0.3) is 0 Å². The van der Waals surface area contributed by atoms with Gasteiger partial charge in [0.05, 0.1) is 12.7 Å². The highest BCUT2D eigenvalue weighted by atomic mass is 35.5. The van der Waals surface area contributed by atoms with Crippen molar-refractivity contribution in [2.24, 2.45) is 0 Å². The van der Waals surface area contributed by atoms with Crippen molar-refractivity contribution in [2.45, 2.75) is 0 Å². The normalized spacial score (nSPS) is 9.86. The Hall–Kier alpha value is -2.59. The Balaban J connectivity index is 2.45. The molecule has 1 aromatic carbocycles. The summed E-state index contributed by atoms with van der Waals surface area (Å²) in [5.41, 5.74) is 0.895. The van der Waals surface area contributed by atoms with E-state index in [-0.39, 0.29) is 11.2 Å². The van der Waals surface area contributed by atoms with Crippen LogP contribution in [-0.2, 0) is 0 Å². The minimum atomic E-state index is 0.0598. The highest BCUT2D eigenvalue weighted by molar-refractivity contribution is 6.28. The van der Waals surface area contributed by atoms with Gasteiger partial charge in [-0.2, -0.15) is 20.2 Å². The van der Waals surface area contributed by atoms with Gasteiger partial charge in [-0.15, -0.1) is 0 Å². The topological polar surface area (TPSA) is 87.0 Å². The van der Waals surface area contributed by atoms with E-state index in [2.05, 4.69) is 26.3 Å². The van der Waals surface area contributed by atoms with E-state index in [1.807, 2.05) is 0 Å². The first-order valence-electron chi connectivity index (χ1n) is 5.98. The van der Waals surface area contributed by atoms with Crippen molar-refractivity contribution in [1.82, 2.24) is 15.0 Å². The number of ether oxygens (including phenoxy) is 1. The summed E-state index contributed by atoms with van der Waals surface area (Å²) in [4.78, 5) is 13.9. The van der Waals surface area contributed by atoms with Crippen LogP contribution in [0.15, 0.2) is 18.2 Å². The average Bonchev–Trinajstić information content (AvgIpc) is 2.46. The molecule has 108 valence electrons. The molecule has 1 N–H and O–H groups in total. The lowest BCUT2D eigenvalue weighted by Crippen LogP contribution is -2.14. The molecule has 1 aromatic heterocycles. The summed E-state index contributed by atoms with van der Waals surface area (Å²) in [5.74, 6) is 1.16. The maximum absolute atomic E-state index is 9.18. The zero-order chi connectivity index (χ0) is 15.4. The van der Waals surface area contributed by atoms with Gasteiger partial charge in [-0.1, -0.05) is 6.07 Å². The Kier molecular flexibility index (Phi) is 4.40. The second-order valence-corrected chi connectivity index (χ2v) is 4.58. The molecule has 0 bridgehead atoms. The predicted octanol–water partition coefficient (Wildman–Crippen LogP) is 2.21. The third-order valence-corrected chi connectivity index (χ3v) is 2.77. The van der Waals surface area contributed by atoms with Crippen molar-refractivity contribution < 1.29 is 4.74 Å². The minimum absolute atomic E-state index is 0.0598. The summed E-state index contributed by atoms with van der Waals surface area (Å²) in [6.45, 7) is 0. The molecule has 8 heteroatoms. The number of hydrogen-bond acceptors (Lipinski definition) is 7. The Morgan fingerprint density at radius 1 is 1.29 bits per heavy atom. The monoisotopic (exact) mass is 304 g/mol. The number of methoxy groups -OCH3 is 1. The van der Waals surface area contributed by atoms with E-state index in [1.54, 1.807) is 37.2 Å². The van der Waals surface area contributed by atoms with E-state index < -0.39 is 0 Å². The fourth-order valence-corrected chi connectivity index (χ4v) is 1.79. The Morgan fingerprint density at radius 3 is 2.67 bits per heavy atom. The second kappa shape index (κ2) is 6.24. The number of nitrogens with one attached hydrogen (secondary N) is 1. The molecule has 0 aliphatic carbocycles. The van der Waals surface area contributed by atoms with Gasteiger partial charge in [0.15, 0.2) is 0 Å². The molecule has 0 radical (unpaired) electrons. The van der Waals surface area contributed by atoms with Gasteiger partial charge < -0.3 is 15.0 Å². The molecule has 0 fully saturated rings. The molecule has 1 heterocycles. The summed E-state index contributed by atoms with van der Waals surface area (Å²) >= 11 is 5.88. The van der Waals surface area contributed by atoms with Crippen LogP contribution < -0.4 is 15.0 Å². The average molecular weight is 305 g/mol. The van der Waals surface area contributed by atoms with Crippen LogP contribution in [0, 0.1) is 11.3 Å². The van der Waals surface area contributed by atoms with Gasteiger partial charge in [-0.25, -0.2) is 0 Å². The van der Waals surface area contributed by atoms with Gasteiger partial charge in [0, 0.05) is 14.1 Å². The maximum atomic E-state index is 9.18. The summed E-state index contributed by atoms with van der Waals surface area (Å²) < 4.78 is 5.24. The van der Waals surface area contributed by atoms with Crippen LogP contribution in [0.25, 0.3) is 0 Å². The van der Waals surface area contributed by atoms with E-state index in [0.29, 0.717) is 22.9 Å². The summed E-state index contributed by atoms with van der Waals surface area (Å²) in [5, 5.41) is 12.2. The van der Waals surface area contributed by atoms with Crippen molar-refractivity contribution in [3.05, 3.63) is 29.0 Å². The number of para-hydroxylation sites is 1. The molecule has 0 atom stereocenters. The lowest BCUT2D eigenvalue weighted by atomic mass is 10.2. The molecule has 0 aliphatic rings. The van der Waals surface area contributed by atoms with Crippen LogP contribution in [-0.4, -0.2) is 36.2 Å². The van der Waals surface area contributed by atoms with Gasteiger partial charge in [-0.05, 0) is 23.7 Å². The minimum Gasteiger partial charge on any atom is -0.495 e. The van der Waals surface area contributed by atoms with Gasteiger partial charge >= 0.3 is 0 Å². The second-order valence-electron chi connectivity index (χ2n) is 4.24. The number of aromatic nitrogens is 3. The predicted molar refractivity (Wildman–Crippen MR) is 80.2 cm³/mol. The molecule has 0 spiro atoms. The zero-order valence-electron chi connectivity index (χ0n) is 11.8. The van der Waals surface area contributed by atoms with E-state index in [4.69, 9.17) is 16.3 Å². The fraction of sp³-hybridized carbons (Fsp3) is 0.231. The Labute approximate surface area is 127 Å². The van der Waals surface area contributed by atoms with Gasteiger partial charge in [0.1, 0.15) is 17.5 Å². The first-order valence-corrected chi connectivity index (χ1v) is 6.36. The lowest BCUT2D eigenvalue weighted by molar-refractivity contribution is 0.416. The van der Waals surface area contributed by atoms with Crippen LogP contribution >= 0.6 is 11.6 Å². The molecule has 0 amide bonds. The van der Waals surface area contributed by atoms with Crippen LogP contribution in [0.3, 0.4) is 0 Å². The number of rotatable bonds is 4. The molecule has 7 nitrogen and oxygen atoms in total. The molecule has 2 rings (SSSR count). The molecular weight excluding hydrogens is 292 g/mol. The Bertz CT molecular complexity index is 698. The first-order chi connectivity index (χ1) is 10.0. The number of nitrogens with zero attached hydrogens (tertiary/aromatic N) is 5. The van der Waals surface area contributed by atoms with Crippen LogP contribution in [0.2, 0.25) is 5.28 Å². The summed E-state index contributed by atoms with van der Waals surface area (Å²) in [6, 6.07) is 7.22. The molecular formula is C13H13ClN6O. The van der Waals surface area contributed by atoms with E-state index >= 15 is 0 Å². The number of anilines is 3. The van der Waals surface area contributed by atoms with E-state index in [0.717, 1.165) is 0 Å². The standard InChI is InChI=1S/C13H13ClN6O/c1-20(2)13-18-11(14)17-12(19-13)16-10-8(7-15)5-4-6-9(10)21-3/h4-6H,1-3H3,(H,16,17,18,19). The van der Waals surface area contributed by atoms with Crippen molar-refractivity contribution in [1.29, 1.82) is 5.26 Å². The highest BCUT2D eigenvalue weighted by Crippen LogP contribution is 2.30. The third kappa shape index (κ3) is 3.30. The van der Waals surface area contributed by atoms with Gasteiger partial charge in [0.2, 0.25) is 17.2 Å². The van der Waals surface area contributed by atoms with Gasteiger partial charge in [-0.3, -0.25) is 0 Å². The number of hydrogen-bond donors (Lipinski definition) is 1. The molecule has 21 heavy (non-hydrogen) atoms. The third-order valence-electron chi connectivity index (χ3n) is 2.60. The number of halogens is 1. The SMILES string of the molecule is COc1cccc(C#N)c1Nc1nc(Cl)nc(N(C)C)n1. The highest BCUT2D eigenvalue weighted by Gasteiger charge is 2.13. The van der Waals surface area contributed by atoms with E-state index in [1.165, 1.54) is 7.11 Å². The fourth-order valence-electron chi connectivity index (χ4n) is 1.63. The number of benzene rings is 1. The smallest absolute Gasteiger partial charge is 0.233 e. The zero-order valence-corrected chi connectivity index (χ0v) is 12.5. The van der Waals surface area contributed by atoms with Crippen molar-refractivity contribution >= 4 is 29.2 Å². The van der Waals surface area contributed by atoms with Crippen LogP contribution in [0.5, 0.6) is 5.75 Å². The summed E-state index contributed by atoms with van der Waals surface area (Å²) in [6.07, 6.45) is 0. The van der Waals surface area contributed by atoms with Crippen molar-refractivity contribution in [3.63, 3.8) is 0 Å². The van der Waals surface area contributed by atoms with Crippen molar-refractivity contribution in [3.8, 4) is 11.8 Å².